The van der Waals surface area contributed by atoms with Crippen LogP contribution in [0.3, 0.4) is 0 Å². The maximum Gasteiger partial charge on any atom is 0.274 e. The number of halogens is 2. The van der Waals surface area contributed by atoms with E-state index in [1.165, 1.54) is 0 Å². The summed E-state index contributed by atoms with van der Waals surface area (Å²) in [4.78, 5) is 13.2. The van der Waals surface area contributed by atoms with Gasteiger partial charge in [0.15, 0.2) is 0 Å². The number of hydrogen-bond acceptors (Lipinski definition) is 3. The van der Waals surface area contributed by atoms with Gasteiger partial charge < -0.3 is 4.74 Å². The molecule has 3 aromatic carbocycles. The summed E-state index contributed by atoms with van der Waals surface area (Å²) >= 11 is 12.0. The van der Waals surface area contributed by atoms with Crippen molar-refractivity contribution >= 4 is 34.8 Å². The summed E-state index contributed by atoms with van der Waals surface area (Å²) in [5, 5.41) is 7.47. The molecule has 4 nitrogen and oxygen atoms in total. The summed E-state index contributed by atoms with van der Waals surface area (Å²) < 4.78 is 5.25. The first-order chi connectivity index (χ1) is 14.0. The van der Waals surface area contributed by atoms with Crippen molar-refractivity contribution in [2.75, 3.05) is 7.11 Å². The van der Waals surface area contributed by atoms with E-state index < -0.39 is 0 Å². The molecule has 1 aliphatic heterocycles. The first-order valence-corrected chi connectivity index (χ1v) is 9.87. The van der Waals surface area contributed by atoms with Gasteiger partial charge in [0.2, 0.25) is 0 Å². The van der Waals surface area contributed by atoms with Crippen LogP contribution in [0.2, 0.25) is 10.0 Å². The summed E-state index contributed by atoms with van der Waals surface area (Å²) in [6, 6.07) is 21.8. The van der Waals surface area contributed by atoms with Gasteiger partial charge in [0.05, 0.1) is 18.9 Å². The zero-order valence-electron chi connectivity index (χ0n) is 15.7. The summed E-state index contributed by atoms with van der Waals surface area (Å²) in [6.07, 6.45) is 0.604. The molecule has 0 bridgehead atoms. The number of ether oxygens (including phenoxy) is 1. The van der Waals surface area contributed by atoms with Gasteiger partial charge in [0.25, 0.3) is 5.91 Å². The molecule has 0 saturated carbocycles. The summed E-state index contributed by atoms with van der Waals surface area (Å²) in [7, 11) is 1.63. The van der Waals surface area contributed by atoms with E-state index in [9.17, 15) is 4.79 Å². The van der Waals surface area contributed by atoms with Gasteiger partial charge >= 0.3 is 0 Å². The molecule has 0 aromatic heterocycles. The third-order valence-corrected chi connectivity index (χ3v) is 5.39. The molecule has 0 spiro atoms. The van der Waals surface area contributed by atoms with E-state index in [0.717, 1.165) is 22.6 Å². The summed E-state index contributed by atoms with van der Waals surface area (Å²) in [5.41, 5.74) is 3.30. The Morgan fingerprint density at radius 3 is 2.10 bits per heavy atom. The van der Waals surface area contributed by atoms with Gasteiger partial charge in [-0.2, -0.15) is 5.10 Å². The normalized spacial score (nSPS) is 15.9. The molecule has 0 saturated heterocycles. The second-order valence-corrected chi connectivity index (χ2v) is 7.58. The number of carbonyl (C=O) groups is 1. The number of benzene rings is 3. The van der Waals surface area contributed by atoms with Gasteiger partial charge in [0, 0.05) is 22.0 Å². The highest BCUT2D eigenvalue weighted by atomic mass is 35.5. The molecule has 6 heteroatoms. The number of amides is 1. The quantitative estimate of drug-likeness (QED) is 0.515. The third-order valence-electron chi connectivity index (χ3n) is 4.89. The molecule has 1 aliphatic rings. The van der Waals surface area contributed by atoms with E-state index >= 15 is 0 Å². The minimum Gasteiger partial charge on any atom is -0.497 e. The lowest BCUT2D eigenvalue weighted by molar-refractivity contribution is 0.0711. The van der Waals surface area contributed by atoms with Crippen molar-refractivity contribution in [1.29, 1.82) is 0 Å². The maximum atomic E-state index is 13.2. The van der Waals surface area contributed by atoms with Crippen molar-refractivity contribution in [3.8, 4) is 5.75 Å². The molecular weight excluding hydrogens is 407 g/mol. The van der Waals surface area contributed by atoms with Crippen molar-refractivity contribution in [2.24, 2.45) is 5.10 Å². The number of methoxy groups -OCH3 is 1. The molecule has 0 radical (unpaired) electrons. The Labute approximate surface area is 179 Å². The number of hydrazone groups is 1. The average Bonchev–Trinajstić information content (AvgIpc) is 3.20. The largest absolute Gasteiger partial charge is 0.497 e. The van der Waals surface area contributed by atoms with Crippen LogP contribution in [-0.2, 0) is 0 Å². The molecule has 1 atom stereocenters. The smallest absolute Gasteiger partial charge is 0.274 e. The molecule has 3 aromatic rings. The van der Waals surface area contributed by atoms with Gasteiger partial charge in [-0.15, -0.1) is 0 Å². The second kappa shape index (κ2) is 8.27. The minimum atomic E-state index is -0.213. The van der Waals surface area contributed by atoms with Crippen molar-refractivity contribution in [3.63, 3.8) is 0 Å². The predicted molar refractivity (Wildman–Crippen MR) is 116 cm³/mol. The molecule has 0 aliphatic carbocycles. The van der Waals surface area contributed by atoms with Crippen LogP contribution in [0.5, 0.6) is 5.75 Å². The maximum absolute atomic E-state index is 13.2. The Morgan fingerprint density at radius 2 is 1.52 bits per heavy atom. The van der Waals surface area contributed by atoms with E-state index in [2.05, 4.69) is 5.10 Å². The number of hydrogen-bond donors (Lipinski definition) is 0. The van der Waals surface area contributed by atoms with Crippen LogP contribution in [0.25, 0.3) is 0 Å². The number of nitrogens with zero attached hydrogens (tertiary/aromatic N) is 2. The summed E-state index contributed by atoms with van der Waals surface area (Å²) in [6.45, 7) is 0. The fourth-order valence-electron chi connectivity index (χ4n) is 3.32. The molecule has 0 N–H and O–H groups in total. The number of carbonyl (C=O) groups excluding carboxylic acids is 1. The Morgan fingerprint density at radius 1 is 0.931 bits per heavy atom. The van der Waals surface area contributed by atoms with Gasteiger partial charge in [-0.1, -0.05) is 47.5 Å². The standard InChI is InChI=1S/C23H18Cl2N2O2/c1-29-20-12-6-16(7-13-20)22-14-21(15-2-8-18(24)9-3-15)26-27(22)23(28)17-4-10-19(25)11-5-17/h2-13,22H,14H2,1H3. The zero-order valence-corrected chi connectivity index (χ0v) is 17.2. The Hall–Kier alpha value is -2.82. The van der Waals surface area contributed by atoms with Crippen molar-refractivity contribution in [1.82, 2.24) is 5.01 Å². The monoisotopic (exact) mass is 424 g/mol. The van der Waals surface area contributed by atoms with Crippen LogP contribution < -0.4 is 4.74 Å². The number of rotatable bonds is 4. The van der Waals surface area contributed by atoms with E-state index in [1.54, 1.807) is 36.4 Å². The lowest BCUT2D eigenvalue weighted by Crippen LogP contribution is -2.27. The minimum absolute atomic E-state index is 0.175. The van der Waals surface area contributed by atoms with Crippen LogP contribution in [-0.4, -0.2) is 23.7 Å². The first kappa shape index (κ1) is 19.5. The Bertz CT molecular complexity index is 1050. The highest BCUT2D eigenvalue weighted by Crippen LogP contribution is 2.35. The highest BCUT2D eigenvalue weighted by Gasteiger charge is 2.33. The van der Waals surface area contributed by atoms with E-state index in [0.29, 0.717) is 22.0 Å². The van der Waals surface area contributed by atoms with Crippen LogP contribution in [0.15, 0.2) is 77.9 Å². The van der Waals surface area contributed by atoms with Crippen molar-refractivity contribution in [2.45, 2.75) is 12.5 Å². The predicted octanol–water partition coefficient (Wildman–Crippen LogP) is 5.99. The van der Waals surface area contributed by atoms with Gasteiger partial charge in [-0.05, 0) is 59.7 Å². The first-order valence-electron chi connectivity index (χ1n) is 9.11. The van der Waals surface area contributed by atoms with Crippen molar-refractivity contribution < 1.29 is 9.53 Å². The topological polar surface area (TPSA) is 41.9 Å². The molecule has 29 heavy (non-hydrogen) atoms. The fourth-order valence-corrected chi connectivity index (χ4v) is 3.58. The second-order valence-electron chi connectivity index (χ2n) is 6.70. The summed E-state index contributed by atoms with van der Waals surface area (Å²) in [5.74, 6) is 0.590. The van der Waals surface area contributed by atoms with Crippen LogP contribution >= 0.6 is 23.2 Å². The molecule has 4 rings (SSSR count). The lowest BCUT2D eigenvalue weighted by atomic mass is 9.98. The molecule has 1 amide bonds. The van der Waals surface area contributed by atoms with Crippen LogP contribution in [0.4, 0.5) is 0 Å². The van der Waals surface area contributed by atoms with Gasteiger partial charge in [-0.3, -0.25) is 4.79 Å². The van der Waals surface area contributed by atoms with Crippen molar-refractivity contribution in [3.05, 3.63) is 99.5 Å². The van der Waals surface area contributed by atoms with Crippen LogP contribution in [0.1, 0.15) is 33.9 Å². The van der Waals surface area contributed by atoms with E-state index in [1.807, 2.05) is 48.5 Å². The van der Waals surface area contributed by atoms with Gasteiger partial charge in [-0.25, -0.2) is 5.01 Å². The SMILES string of the molecule is COc1ccc(C2CC(c3ccc(Cl)cc3)=NN2C(=O)c2ccc(Cl)cc2)cc1. The zero-order chi connectivity index (χ0) is 20.4. The Balaban J connectivity index is 1.71. The fraction of sp³-hybridized carbons (Fsp3) is 0.130. The molecular formula is C23H18Cl2N2O2. The highest BCUT2D eigenvalue weighted by molar-refractivity contribution is 6.31. The molecule has 146 valence electrons. The Kier molecular flexibility index (Phi) is 5.56. The average molecular weight is 425 g/mol. The van der Waals surface area contributed by atoms with Gasteiger partial charge in [0.1, 0.15) is 5.75 Å². The molecule has 0 fully saturated rings. The molecule has 1 heterocycles. The molecule has 1 unspecified atom stereocenters. The van der Waals surface area contributed by atoms with E-state index in [4.69, 9.17) is 27.9 Å². The lowest BCUT2D eigenvalue weighted by Gasteiger charge is -2.22. The van der Waals surface area contributed by atoms with Crippen LogP contribution in [0, 0.1) is 0 Å². The third kappa shape index (κ3) is 4.14. The van der Waals surface area contributed by atoms with E-state index in [-0.39, 0.29) is 11.9 Å².